The van der Waals surface area contributed by atoms with E-state index in [0.29, 0.717) is 5.65 Å². The fourth-order valence-electron chi connectivity index (χ4n) is 1.58. The molecule has 0 aliphatic rings. The minimum atomic E-state index is -0.423. The van der Waals surface area contributed by atoms with Crippen LogP contribution in [0.25, 0.3) is 11.2 Å². The van der Waals surface area contributed by atoms with Crippen molar-refractivity contribution in [2.45, 2.75) is 6.73 Å². The zero-order valence-corrected chi connectivity index (χ0v) is 8.88. The molecular formula is C8H11N5O3. The number of aryl methyl sites for hydroxylation is 1. The Hall–Kier alpha value is -1.93. The molecule has 0 aliphatic carbocycles. The number of rotatable bonds is 2. The van der Waals surface area contributed by atoms with E-state index in [-0.39, 0.29) is 12.2 Å². The van der Waals surface area contributed by atoms with E-state index in [0.717, 1.165) is 4.57 Å². The van der Waals surface area contributed by atoms with Crippen molar-refractivity contribution >= 4 is 11.2 Å². The van der Waals surface area contributed by atoms with Gasteiger partial charge in [0, 0.05) is 14.1 Å². The molecule has 0 aliphatic heterocycles. The lowest BCUT2D eigenvalue weighted by atomic mass is 10.5. The summed E-state index contributed by atoms with van der Waals surface area (Å²) in [6.45, 7) is 0.00391. The first-order chi connectivity index (χ1) is 7.57. The van der Waals surface area contributed by atoms with E-state index in [1.54, 1.807) is 7.05 Å². The summed E-state index contributed by atoms with van der Waals surface area (Å²) >= 11 is 0. The van der Waals surface area contributed by atoms with Gasteiger partial charge >= 0.3 is 5.69 Å². The van der Waals surface area contributed by atoms with Gasteiger partial charge in [0.2, 0.25) is 0 Å². The van der Waals surface area contributed by atoms with Gasteiger partial charge in [0.15, 0.2) is 11.2 Å². The molecule has 16 heavy (non-hydrogen) atoms. The molecule has 0 atom stereocenters. The normalized spacial score (nSPS) is 11.2. The highest BCUT2D eigenvalue weighted by atomic mass is 16.6. The van der Waals surface area contributed by atoms with Crippen molar-refractivity contribution in [1.82, 2.24) is 18.7 Å². The summed E-state index contributed by atoms with van der Waals surface area (Å²) in [7, 11) is 2.95. The molecule has 0 saturated heterocycles. The van der Waals surface area contributed by atoms with Gasteiger partial charge in [-0.2, -0.15) is 0 Å². The molecule has 0 fully saturated rings. The van der Waals surface area contributed by atoms with E-state index >= 15 is 0 Å². The fraction of sp³-hybridized carbons (Fsp3) is 0.375. The first-order valence-corrected chi connectivity index (χ1v) is 4.50. The Morgan fingerprint density at radius 3 is 2.69 bits per heavy atom. The Labute approximate surface area is 89.4 Å². The third-order valence-corrected chi connectivity index (χ3v) is 2.43. The van der Waals surface area contributed by atoms with Gasteiger partial charge in [0.05, 0.1) is 6.33 Å². The van der Waals surface area contributed by atoms with Crippen LogP contribution in [0.5, 0.6) is 0 Å². The highest BCUT2D eigenvalue weighted by molar-refractivity contribution is 5.69. The van der Waals surface area contributed by atoms with E-state index in [9.17, 15) is 9.59 Å². The smallest absolute Gasteiger partial charge is 0.298 e. The highest BCUT2D eigenvalue weighted by Gasteiger charge is 2.13. The Bertz CT molecular complexity index is 650. The summed E-state index contributed by atoms with van der Waals surface area (Å²) in [6, 6.07) is 0. The number of hydrogen-bond acceptors (Lipinski definition) is 5. The van der Waals surface area contributed by atoms with Gasteiger partial charge in [-0.1, -0.05) is 0 Å². The van der Waals surface area contributed by atoms with Crippen LogP contribution in [0.15, 0.2) is 15.9 Å². The molecule has 86 valence electrons. The van der Waals surface area contributed by atoms with Crippen molar-refractivity contribution < 1.29 is 4.84 Å². The van der Waals surface area contributed by atoms with Crippen molar-refractivity contribution in [2.24, 2.45) is 20.0 Å². The van der Waals surface area contributed by atoms with Gasteiger partial charge in [-0.25, -0.2) is 15.7 Å². The number of nitrogens with two attached hydrogens (primary N) is 1. The van der Waals surface area contributed by atoms with Crippen LogP contribution in [0.2, 0.25) is 0 Å². The molecule has 2 aromatic heterocycles. The van der Waals surface area contributed by atoms with Gasteiger partial charge in [0.25, 0.3) is 5.56 Å². The second-order valence-electron chi connectivity index (χ2n) is 3.39. The van der Waals surface area contributed by atoms with Crippen molar-refractivity contribution in [3.05, 3.63) is 27.2 Å². The first-order valence-electron chi connectivity index (χ1n) is 4.50. The average molecular weight is 225 g/mol. The largest absolute Gasteiger partial charge is 0.332 e. The second kappa shape index (κ2) is 3.58. The number of fused-ring (bicyclic) bond motifs is 1. The predicted molar refractivity (Wildman–Crippen MR) is 55.5 cm³/mol. The zero-order chi connectivity index (χ0) is 11.9. The van der Waals surface area contributed by atoms with Crippen LogP contribution < -0.4 is 17.1 Å². The zero-order valence-electron chi connectivity index (χ0n) is 8.88. The third kappa shape index (κ3) is 1.27. The molecule has 0 unspecified atom stereocenters. The number of imidazole rings is 1. The van der Waals surface area contributed by atoms with Crippen LogP contribution in [0, 0.1) is 0 Å². The van der Waals surface area contributed by atoms with E-state index in [1.807, 2.05) is 0 Å². The summed E-state index contributed by atoms with van der Waals surface area (Å²) in [5.74, 6) is 4.94. The maximum Gasteiger partial charge on any atom is 0.332 e. The van der Waals surface area contributed by atoms with Crippen LogP contribution in [0.4, 0.5) is 0 Å². The molecule has 0 spiro atoms. The van der Waals surface area contributed by atoms with Crippen molar-refractivity contribution in [3.8, 4) is 0 Å². The van der Waals surface area contributed by atoms with Crippen LogP contribution in [0.1, 0.15) is 0 Å². The van der Waals surface area contributed by atoms with Crippen molar-refractivity contribution in [1.29, 1.82) is 0 Å². The maximum absolute atomic E-state index is 11.9. The van der Waals surface area contributed by atoms with Gasteiger partial charge < -0.3 is 0 Å². The quantitative estimate of drug-likeness (QED) is 0.613. The fourth-order valence-corrected chi connectivity index (χ4v) is 1.58. The highest BCUT2D eigenvalue weighted by Crippen LogP contribution is 2.04. The molecule has 2 aromatic rings. The average Bonchev–Trinajstić information content (AvgIpc) is 2.68. The van der Waals surface area contributed by atoms with E-state index in [4.69, 9.17) is 5.90 Å². The lowest BCUT2D eigenvalue weighted by Crippen LogP contribution is -2.37. The van der Waals surface area contributed by atoms with Crippen LogP contribution in [0.3, 0.4) is 0 Å². The summed E-state index contributed by atoms with van der Waals surface area (Å²) in [6.07, 6.45) is 1.40. The van der Waals surface area contributed by atoms with Crippen molar-refractivity contribution in [3.63, 3.8) is 0 Å². The predicted octanol–water partition coefficient (Wildman–Crippen LogP) is -1.72. The minimum absolute atomic E-state index is 0.00391. The molecule has 0 bridgehead atoms. The molecule has 0 amide bonds. The van der Waals surface area contributed by atoms with Gasteiger partial charge in [-0.3, -0.25) is 23.3 Å². The van der Waals surface area contributed by atoms with Gasteiger partial charge in [-0.15, -0.1) is 0 Å². The van der Waals surface area contributed by atoms with Crippen molar-refractivity contribution in [2.75, 3.05) is 0 Å². The maximum atomic E-state index is 11.9. The molecule has 0 aromatic carbocycles. The topological polar surface area (TPSA) is 97.1 Å². The van der Waals surface area contributed by atoms with Gasteiger partial charge in [0.1, 0.15) is 6.73 Å². The molecule has 8 nitrogen and oxygen atoms in total. The van der Waals surface area contributed by atoms with Crippen LogP contribution in [-0.4, -0.2) is 18.7 Å². The third-order valence-electron chi connectivity index (χ3n) is 2.43. The second-order valence-corrected chi connectivity index (χ2v) is 3.39. The Morgan fingerprint density at radius 2 is 2.06 bits per heavy atom. The lowest BCUT2D eigenvalue weighted by molar-refractivity contribution is 0.0805. The molecule has 0 radical (unpaired) electrons. The van der Waals surface area contributed by atoms with E-state index in [1.165, 1.54) is 22.5 Å². The lowest BCUT2D eigenvalue weighted by Gasteiger charge is -2.04. The standard InChI is InChI=1S/C8H11N5O3/c1-11-6-5(7(14)12(2)8(11)15)13(3-10-6)4-16-9/h3H,4,9H2,1-2H3. The molecular weight excluding hydrogens is 214 g/mol. The van der Waals surface area contributed by atoms with E-state index < -0.39 is 11.2 Å². The van der Waals surface area contributed by atoms with Crippen LogP contribution >= 0.6 is 0 Å². The summed E-state index contributed by atoms with van der Waals surface area (Å²) in [4.78, 5) is 31.9. The summed E-state index contributed by atoms with van der Waals surface area (Å²) in [5, 5.41) is 0. The molecule has 2 heterocycles. The molecule has 2 rings (SSSR count). The summed E-state index contributed by atoms with van der Waals surface area (Å²) in [5.41, 5.74) is -0.246. The van der Waals surface area contributed by atoms with Crippen LogP contribution in [-0.2, 0) is 25.7 Å². The monoisotopic (exact) mass is 225 g/mol. The van der Waals surface area contributed by atoms with E-state index in [2.05, 4.69) is 9.82 Å². The molecule has 8 heteroatoms. The Balaban J connectivity index is 2.95. The number of aromatic nitrogens is 4. The minimum Gasteiger partial charge on any atom is -0.298 e. The Kier molecular flexibility index (Phi) is 2.37. The Morgan fingerprint density at radius 1 is 1.38 bits per heavy atom. The molecule has 0 saturated carbocycles. The SMILES string of the molecule is Cn1c(=O)c2c(ncn2CON)n(C)c1=O. The first kappa shape index (κ1) is 10.6. The number of hydrogen-bond donors (Lipinski definition) is 1. The number of nitrogens with zero attached hydrogens (tertiary/aromatic N) is 4. The summed E-state index contributed by atoms with van der Waals surface area (Å²) < 4.78 is 3.75. The van der Waals surface area contributed by atoms with Gasteiger partial charge in [-0.05, 0) is 0 Å². The molecule has 2 N–H and O–H groups in total.